The number of nitrogens with zero attached hydrogens (tertiary/aromatic N) is 1. The summed E-state index contributed by atoms with van der Waals surface area (Å²) in [6.45, 7) is 2.32. The summed E-state index contributed by atoms with van der Waals surface area (Å²) in [5, 5.41) is 32.9. The van der Waals surface area contributed by atoms with Gasteiger partial charge >= 0.3 is 0 Å². The summed E-state index contributed by atoms with van der Waals surface area (Å²) in [7, 11) is 1.56. The number of hydrogen-bond acceptors (Lipinski definition) is 6. The van der Waals surface area contributed by atoms with Crippen molar-refractivity contribution in [1.29, 1.82) is 0 Å². The van der Waals surface area contributed by atoms with Crippen LogP contribution in [0.25, 0.3) is 22.3 Å². The van der Waals surface area contributed by atoms with E-state index in [0.717, 1.165) is 25.9 Å². The highest BCUT2D eigenvalue weighted by Crippen LogP contribution is 2.39. The Bertz CT molecular complexity index is 1050. The van der Waals surface area contributed by atoms with Gasteiger partial charge in [-0.2, -0.15) is 0 Å². The van der Waals surface area contributed by atoms with Gasteiger partial charge in [-0.25, -0.2) is 0 Å². The van der Waals surface area contributed by atoms with Crippen LogP contribution in [0.4, 0.5) is 0 Å². The molecule has 0 saturated carbocycles. The predicted octanol–water partition coefficient (Wildman–Crippen LogP) is 3.07. The van der Waals surface area contributed by atoms with Gasteiger partial charge in [-0.3, -0.25) is 9.69 Å². The minimum absolute atomic E-state index is 0.120. The number of hydrogen-bond donors (Lipinski definition) is 4. The lowest BCUT2D eigenvalue weighted by Crippen LogP contribution is -2.34. The number of fused-ring (bicyclic) bond motifs is 1. The van der Waals surface area contributed by atoms with Crippen molar-refractivity contribution in [2.75, 3.05) is 26.7 Å². The zero-order valence-electron chi connectivity index (χ0n) is 16.9. The number of phenols is 2. The van der Waals surface area contributed by atoms with Crippen molar-refractivity contribution in [3.05, 3.63) is 47.5 Å². The molecule has 2 aromatic carbocycles. The van der Waals surface area contributed by atoms with E-state index in [9.17, 15) is 20.1 Å². The van der Waals surface area contributed by atoms with Gasteiger partial charge in [0.15, 0.2) is 0 Å². The minimum Gasteiger partial charge on any atom is -0.508 e. The fraction of sp³-hybridized carbons (Fsp3) is 0.348. The van der Waals surface area contributed by atoms with Gasteiger partial charge in [0.25, 0.3) is 5.91 Å². The molecule has 1 saturated heterocycles. The van der Waals surface area contributed by atoms with E-state index in [-0.39, 0.29) is 24.0 Å². The van der Waals surface area contributed by atoms with Crippen LogP contribution in [0.1, 0.15) is 28.8 Å². The smallest absolute Gasteiger partial charge is 0.255 e. The van der Waals surface area contributed by atoms with E-state index in [1.165, 1.54) is 0 Å². The number of phenolic OH excluding ortho intramolecular Hbond substituents is 2. The van der Waals surface area contributed by atoms with Crippen LogP contribution < -0.4 is 5.32 Å². The number of amides is 1. The van der Waals surface area contributed by atoms with Crippen LogP contribution in [-0.2, 0) is 6.54 Å². The predicted molar refractivity (Wildman–Crippen MR) is 113 cm³/mol. The number of aliphatic hydroxyl groups excluding tert-OH is 1. The molecule has 1 amide bonds. The lowest BCUT2D eigenvalue weighted by Gasteiger charge is -2.31. The van der Waals surface area contributed by atoms with E-state index in [4.69, 9.17) is 4.42 Å². The van der Waals surface area contributed by atoms with E-state index < -0.39 is 0 Å². The van der Waals surface area contributed by atoms with Gasteiger partial charge in [-0.15, -0.1) is 0 Å². The Hall–Kier alpha value is -3.03. The van der Waals surface area contributed by atoms with Gasteiger partial charge in [0.2, 0.25) is 0 Å². The largest absolute Gasteiger partial charge is 0.508 e. The summed E-state index contributed by atoms with van der Waals surface area (Å²) in [6, 6.07) is 9.73. The number of nitrogens with one attached hydrogen (secondary N) is 1. The zero-order valence-corrected chi connectivity index (χ0v) is 16.9. The molecule has 158 valence electrons. The molecule has 1 aromatic heterocycles. The first-order chi connectivity index (χ1) is 14.5. The molecule has 7 nitrogen and oxygen atoms in total. The first-order valence-electron chi connectivity index (χ1n) is 10.1. The molecule has 0 atom stereocenters. The topological polar surface area (TPSA) is 106 Å². The molecule has 1 aliphatic heterocycles. The average Bonchev–Trinajstić information content (AvgIpc) is 3.16. The van der Waals surface area contributed by atoms with Crippen LogP contribution in [0.15, 0.2) is 40.8 Å². The number of likely N-dealkylation sites (tertiary alicyclic amines) is 1. The molecule has 1 fully saturated rings. The number of rotatable bonds is 5. The van der Waals surface area contributed by atoms with E-state index in [2.05, 4.69) is 10.2 Å². The molecule has 3 aromatic rings. The van der Waals surface area contributed by atoms with Crippen LogP contribution in [0.3, 0.4) is 0 Å². The fourth-order valence-corrected chi connectivity index (χ4v) is 4.12. The van der Waals surface area contributed by atoms with Crippen molar-refractivity contribution in [2.24, 2.45) is 5.92 Å². The maximum Gasteiger partial charge on any atom is 0.255 e. The summed E-state index contributed by atoms with van der Waals surface area (Å²) in [4.78, 5) is 15.1. The Labute approximate surface area is 174 Å². The first-order valence-corrected chi connectivity index (χ1v) is 10.1. The van der Waals surface area contributed by atoms with Gasteiger partial charge < -0.3 is 25.1 Å². The van der Waals surface area contributed by atoms with Gasteiger partial charge in [-0.1, -0.05) is 0 Å². The number of piperidine rings is 1. The van der Waals surface area contributed by atoms with Crippen molar-refractivity contribution >= 4 is 16.9 Å². The third kappa shape index (κ3) is 3.74. The molecule has 0 bridgehead atoms. The Kier molecular flexibility index (Phi) is 5.65. The second-order valence-electron chi connectivity index (χ2n) is 7.77. The molecule has 30 heavy (non-hydrogen) atoms. The van der Waals surface area contributed by atoms with E-state index in [1.54, 1.807) is 43.4 Å². The number of carbonyl (C=O) groups is 1. The molecule has 1 aliphatic rings. The molecule has 0 radical (unpaired) electrons. The van der Waals surface area contributed by atoms with Crippen molar-refractivity contribution in [3.63, 3.8) is 0 Å². The normalized spacial score (nSPS) is 15.5. The second-order valence-corrected chi connectivity index (χ2v) is 7.77. The summed E-state index contributed by atoms with van der Waals surface area (Å²) in [6.07, 6.45) is 1.80. The monoisotopic (exact) mass is 410 g/mol. The molecule has 2 heterocycles. The molecule has 4 rings (SSSR count). The van der Waals surface area contributed by atoms with Crippen LogP contribution in [0.2, 0.25) is 0 Å². The third-order valence-corrected chi connectivity index (χ3v) is 5.87. The van der Waals surface area contributed by atoms with Crippen LogP contribution in [-0.4, -0.2) is 52.9 Å². The highest BCUT2D eigenvalue weighted by molar-refractivity contribution is 6.12. The van der Waals surface area contributed by atoms with Crippen molar-refractivity contribution in [3.8, 4) is 22.8 Å². The number of carbonyl (C=O) groups excluding carboxylic acids is 1. The van der Waals surface area contributed by atoms with E-state index >= 15 is 0 Å². The summed E-state index contributed by atoms with van der Waals surface area (Å²) >= 11 is 0. The maximum atomic E-state index is 12.8. The second kappa shape index (κ2) is 8.38. The highest BCUT2D eigenvalue weighted by atomic mass is 16.3. The first kappa shape index (κ1) is 20.3. The number of aromatic hydroxyl groups is 2. The van der Waals surface area contributed by atoms with Crippen molar-refractivity contribution in [1.82, 2.24) is 10.2 Å². The van der Waals surface area contributed by atoms with Crippen LogP contribution >= 0.6 is 0 Å². The molecular weight excluding hydrogens is 384 g/mol. The lowest BCUT2D eigenvalue weighted by atomic mass is 9.96. The lowest BCUT2D eigenvalue weighted by molar-refractivity contribution is 0.0964. The minimum atomic E-state index is -0.303. The van der Waals surface area contributed by atoms with Gasteiger partial charge in [0.1, 0.15) is 22.8 Å². The van der Waals surface area contributed by atoms with Crippen LogP contribution in [0, 0.1) is 5.92 Å². The van der Waals surface area contributed by atoms with Crippen molar-refractivity contribution in [2.45, 2.75) is 19.4 Å². The molecule has 4 N–H and O–H groups in total. The summed E-state index contributed by atoms with van der Waals surface area (Å²) in [5.74, 6) is 0.663. The standard InChI is InChI=1S/C23H26N2O5/c1-24-23(29)21-20-17(12-25-10-8-14(13-26)9-11-25)18(28)6-7-19(20)30-22(21)15-2-4-16(27)5-3-15/h2-7,14,26-28H,8-13H2,1H3,(H,24,29). The third-order valence-electron chi connectivity index (χ3n) is 5.87. The average molecular weight is 410 g/mol. The molecule has 0 unspecified atom stereocenters. The SMILES string of the molecule is CNC(=O)c1c(-c2ccc(O)cc2)oc2ccc(O)c(CN3CCC(CO)CC3)c12. The fourth-order valence-electron chi connectivity index (χ4n) is 4.12. The Morgan fingerprint density at radius 2 is 1.83 bits per heavy atom. The van der Waals surface area contributed by atoms with Gasteiger partial charge in [-0.05, 0) is 68.2 Å². The Morgan fingerprint density at radius 1 is 1.13 bits per heavy atom. The van der Waals surface area contributed by atoms with Crippen LogP contribution in [0.5, 0.6) is 11.5 Å². The number of furan rings is 1. The molecule has 0 aliphatic carbocycles. The van der Waals surface area contributed by atoms with Gasteiger partial charge in [0, 0.05) is 36.7 Å². The van der Waals surface area contributed by atoms with Gasteiger partial charge in [0.05, 0.1) is 5.56 Å². The Balaban J connectivity index is 1.81. The highest BCUT2D eigenvalue weighted by Gasteiger charge is 2.27. The molecular formula is C23H26N2O5. The number of aliphatic hydroxyl groups is 1. The zero-order chi connectivity index (χ0) is 21.3. The van der Waals surface area contributed by atoms with Crippen molar-refractivity contribution < 1.29 is 24.5 Å². The number of benzene rings is 2. The van der Waals surface area contributed by atoms with E-state index in [1.807, 2.05) is 0 Å². The summed E-state index contributed by atoms with van der Waals surface area (Å²) < 4.78 is 6.06. The molecule has 7 heteroatoms. The quantitative estimate of drug-likeness (QED) is 0.515. The summed E-state index contributed by atoms with van der Waals surface area (Å²) in [5.41, 5.74) is 2.21. The molecule has 0 spiro atoms. The van der Waals surface area contributed by atoms with E-state index in [0.29, 0.717) is 45.9 Å². The Morgan fingerprint density at radius 3 is 2.47 bits per heavy atom. The maximum absolute atomic E-state index is 12.8.